The van der Waals surface area contributed by atoms with Gasteiger partial charge in [-0.15, -0.1) is 0 Å². The molecule has 0 unspecified atom stereocenters. The third kappa shape index (κ3) is 7.69. The lowest BCUT2D eigenvalue weighted by molar-refractivity contribution is -0.129. The van der Waals surface area contributed by atoms with Gasteiger partial charge in [-0.05, 0) is 62.2 Å². The number of halogens is 1. The maximum absolute atomic E-state index is 13.5. The van der Waals surface area contributed by atoms with Crippen molar-refractivity contribution in [2.24, 2.45) is 0 Å². The molecule has 0 N–H and O–H groups in total. The van der Waals surface area contributed by atoms with Crippen LogP contribution in [0.3, 0.4) is 0 Å². The SMILES string of the molecule is COCC(=O)N1CCCN(C(C)C)CCN(C(=O)CS(=O)(=O)c2ccc(OC)cc2)Cc2ccc(Cl)cc21. The molecule has 1 aliphatic heterocycles. The zero-order valence-electron chi connectivity index (χ0n) is 22.4. The zero-order chi connectivity index (χ0) is 27.9. The summed E-state index contributed by atoms with van der Waals surface area (Å²) in [7, 11) is -0.923. The summed E-state index contributed by atoms with van der Waals surface area (Å²) in [5, 5.41) is 0.456. The van der Waals surface area contributed by atoms with Gasteiger partial charge in [-0.25, -0.2) is 8.42 Å². The van der Waals surface area contributed by atoms with Gasteiger partial charge in [0.1, 0.15) is 18.1 Å². The van der Waals surface area contributed by atoms with Gasteiger partial charge in [-0.1, -0.05) is 17.7 Å². The number of amides is 2. The van der Waals surface area contributed by atoms with Crippen LogP contribution in [0.5, 0.6) is 5.75 Å². The number of hydrogen-bond donors (Lipinski definition) is 0. The van der Waals surface area contributed by atoms with E-state index in [0.29, 0.717) is 54.6 Å². The number of rotatable bonds is 7. The Morgan fingerprint density at radius 2 is 1.68 bits per heavy atom. The monoisotopic (exact) mass is 565 g/mol. The van der Waals surface area contributed by atoms with Crippen LogP contribution in [0.1, 0.15) is 25.8 Å². The van der Waals surface area contributed by atoms with E-state index in [1.807, 2.05) is 0 Å². The number of nitrogens with zero attached hydrogens (tertiary/aromatic N) is 3. The lowest BCUT2D eigenvalue weighted by atomic mass is 10.1. The van der Waals surface area contributed by atoms with E-state index in [9.17, 15) is 18.0 Å². The molecule has 0 aliphatic carbocycles. The number of carbonyl (C=O) groups is 2. The Kier molecular flexibility index (Phi) is 10.6. The fourth-order valence-corrected chi connectivity index (χ4v) is 5.82. The topological polar surface area (TPSA) is 96.5 Å². The molecule has 9 nitrogen and oxygen atoms in total. The van der Waals surface area contributed by atoms with Gasteiger partial charge in [0.25, 0.3) is 5.91 Å². The number of hydrogen-bond acceptors (Lipinski definition) is 7. The van der Waals surface area contributed by atoms with E-state index >= 15 is 0 Å². The fourth-order valence-electron chi connectivity index (χ4n) is 4.43. The van der Waals surface area contributed by atoms with Gasteiger partial charge in [0.2, 0.25) is 5.91 Å². The molecule has 1 heterocycles. The standard InChI is InChI=1S/C27H36ClN3O6S/c1-20(2)29-12-5-13-31(26(32)18-36-3)25-16-22(28)7-6-21(25)17-30(15-14-29)27(33)19-38(34,35)24-10-8-23(37-4)9-11-24/h6-11,16,20H,5,12-15,17-19H2,1-4H3. The minimum atomic E-state index is -3.89. The van der Waals surface area contributed by atoms with Crippen molar-refractivity contribution in [2.75, 3.05) is 57.7 Å². The van der Waals surface area contributed by atoms with Gasteiger partial charge in [0.15, 0.2) is 9.84 Å². The highest BCUT2D eigenvalue weighted by molar-refractivity contribution is 7.92. The maximum atomic E-state index is 13.5. The predicted octanol–water partition coefficient (Wildman–Crippen LogP) is 3.24. The van der Waals surface area contributed by atoms with Gasteiger partial charge in [0, 0.05) is 50.9 Å². The maximum Gasteiger partial charge on any atom is 0.252 e. The highest BCUT2D eigenvalue weighted by Gasteiger charge is 2.28. The molecule has 0 saturated carbocycles. The normalized spacial score (nSPS) is 15.6. The van der Waals surface area contributed by atoms with E-state index < -0.39 is 21.5 Å². The van der Waals surface area contributed by atoms with Crippen LogP contribution >= 0.6 is 11.6 Å². The molecule has 11 heteroatoms. The van der Waals surface area contributed by atoms with Crippen LogP contribution in [-0.2, 0) is 30.7 Å². The summed E-state index contributed by atoms with van der Waals surface area (Å²) in [5.41, 5.74) is 1.29. The number of ether oxygens (including phenoxy) is 2. The third-order valence-electron chi connectivity index (χ3n) is 6.57. The Hall–Kier alpha value is -2.66. The van der Waals surface area contributed by atoms with Crippen molar-refractivity contribution in [3.63, 3.8) is 0 Å². The number of carbonyl (C=O) groups excluding carboxylic acids is 2. The van der Waals surface area contributed by atoms with E-state index in [0.717, 1.165) is 0 Å². The summed E-state index contributed by atoms with van der Waals surface area (Å²) in [4.78, 5) is 32.0. The highest BCUT2D eigenvalue weighted by atomic mass is 35.5. The van der Waals surface area contributed by atoms with Crippen molar-refractivity contribution in [1.82, 2.24) is 9.80 Å². The smallest absolute Gasteiger partial charge is 0.252 e. The number of benzene rings is 2. The second-order valence-corrected chi connectivity index (χ2v) is 11.9. The number of anilines is 1. The van der Waals surface area contributed by atoms with Crippen LogP contribution in [0.15, 0.2) is 47.4 Å². The van der Waals surface area contributed by atoms with Crippen LogP contribution in [0, 0.1) is 0 Å². The molecule has 0 bridgehead atoms. The van der Waals surface area contributed by atoms with Crippen molar-refractivity contribution < 1.29 is 27.5 Å². The molecule has 38 heavy (non-hydrogen) atoms. The van der Waals surface area contributed by atoms with Crippen LogP contribution in [0.2, 0.25) is 5.02 Å². The molecule has 0 aromatic heterocycles. The van der Waals surface area contributed by atoms with Crippen molar-refractivity contribution in [1.29, 1.82) is 0 Å². The lowest BCUT2D eigenvalue weighted by Crippen LogP contribution is -2.43. The van der Waals surface area contributed by atoms with Crippen molar-refractivity contribution >= 4 is 38.9 Å². The molecule has 2 amide bonds. The largest absolute Gasteiger partial charge is 0.497 e. The van der Waals surface area contributed by atoms with E-state index in [4.69, 9.17) is 21.1 Å². The predicted molar refractivity (Wildman–Crippen MR) is 147 cm³/mol. The van der Waals surface area contributed by atoms with Crippen LogP contribution in [0.25, 0.3) is 0 Å². The number of fused-ring (bicyclic) bond motifs is 1. The second kappa shape index (κ2) is 13.4. The number of sulfone groups is 1. The zero-order valence-corrected chi connectivity index (χ0v) is 23.9. The summed E-state index contributed by atoms with van der Waals surface area (Å²) in [6.45, 7) is 6.25. The molecule has 1 aliphatic rings. The van der Waals surface area contributed by atoms with Crippen LogP contribution in [-0.4, -0.2) is 88.8 Å². The average Bonchev–Trinajstić information content (AvgIpc) is 2.91. The van der Waals surface area contributed by atoms with Crippen molar-refractivity contribution in [2.45, 2.75) is 37.8 Å². The van der Waals surface area contributed by atoms with Crippen molar-refractivity contribution in [3.8, 4) is 5.75 Å². The minimum absolute atomic E-state index is 0.0526. The number of methoxy groups -OCH3 is 2. The first-order chi connectivity index (χ1) is 18.1. The molecular formula is C27H36ClN3O6S. The van der Waals surface area contributed by atoms with E-state index in [2.05, 4.69) is 18.7 Å². The Morgan fingerprint density at radius 3 is 2.32 bits per heavy atom. The fraction of sp³-hybridized carbons (Fsp3) is 0.481. The molecule has 2 aromatic carbocycles. The Bertz CT molecular complexity index is 1220. The van der Waals surface area contributed by atoms with Crippen LogP contribution in [0.4, 0.5) is 5.69 Å². The molecule has 2 aromatic rings. The molecule has 208 valence electrons. The minimum Gasteiger partial charge on any atom is -0.497 e. The van der Waals surface area contributed by atoms with Crippen molar-refractivity contribution in [3.05, 3.63) is 53.1 Å². The summed E-state index contributed by atoms with van der Waals surface area (Å²) >= 11 is 6.32. The quantitative estimate of drug-likeness (QED) is 0.508. The first-order valence-corrected chi connectivity index (χ1v) is 14.5. The molecule has 0 saturated heterocycles. The first-order valence-electron chi connectivity index (χ1n) is 12.5. The van der Waals surface area contributed by atoms with Gasteiger partial charge >= 0.3 is 0 Å². The summed E-state index contributed by atoms with van der Waals surface area (Å²) in [6, 6.07) is 11.4. The van der Waals surface area contributed by atoms with Gasteiger partial charge in [0.05, 0.1) is 17.7 Å². The summed E-state index contributed by atoms with van der Waals surface area (Å²) in [5.74, 6) is -0.874. The first kappa shape index (κ1) is 29.9. The Balaban J connectivity index is 1.96. The second-order valence-electron chi connectivity index (χ2n) is 9.48. The van der Waals surface area contributed by atoms with Gasteiger partial charge in [-0.2, -0.15) is 0 Å². The summed E-state index contributed by atoms with van der Waals surface area (Å²) < 4.78 is 36.4. The average molecular weight is 566 g/mol. The Morgan fingerprint density at radius 1 is 0.974 bits per heavy atom. The van der Waals surface area contributed by atoms with Gasteiger partial charge < -0.3 is 19.3 Å². The van der Waals surface area contributed by atoms with Gasteiger partial charge in [-0.3, -0.25) is 14.5 Å². The molecule has 0 radical (unpaired) electrons. The molecule has 0 atom stereocenters. The Labute approximate surface area is 230 Å². The summed E-state index contributed by atoms with van der Waals surface area (Å²) in [6.07, 6.45) is 0.708. The lowest BCUT2D eigenvalue weighted by Gasteiger charge is -2.30. The molecule has 0 fully saturated rings. The molecule has 3 rings (SSSR count). The highest BCUT2D eigenvalue weighted by Crippen LogP contribution is 2.28. The third-order valence-corrected chi connectivity index (χ3v) is 8.42. The van der Waals surface area contributed by atoms with E-state index in [1.54, 1.807) is 40.1 Å². The molecule has 0 spiro atoms. The van der Waals surface area contributed by atoms with E-state index in [-0.39, 0.29) is 30.0 Å². The molecular weight excluding hydrogens is 530 g/mol. The van der Waals surface area contributed by atoms with Crippen LogP contribution < -0.4 is 9.64 Å². The van der Waals surface area contributed by atoms with E-state index in [1.165, 1.54) is 26.4 Å².